The molecule has 2 atom stereocenters. The lowest BCUT2D eigenvalue weighted by atomic mass is 10.1. The number of hydrogen-bond acceptors (Lipinski definition) is 3. The zero-order chi connectivity index (χ0) is 17.4. The van der Waals surface area contributed by atoms with Gasteiger partial charge >= 0.3 is 12.2 Å². The van der Waals surface area contributed by atoms with E-state index in [2.05, 4.69) is 0 Å². The van der Waals surface area contributed by atoms with E-state index in [9.17, 15) is 27.6 Å². The summed E-state index contributed by atoms with van der Waals surface area (Å²) >= 11 is 0. The molecule has 0 aliphatic carbocycles. The summed E-state index contributed by atoms with van der Waals surface area (Å²) in [5.74, 6) is -2.66. The number of hydrogen-bond donors (Lipinski definition) is 2. The number of urea groups is 1. The average molecular weight is 329 g/mol. The first kappa shape index (κ1) is 16.8. The smallest absolute Gasteiger partial charge is 0.318 e. The SMILES string of the molecule is CC(=O)N[C@@]1(C(F)(F)F)NC(=O)N([C@H](C)c2ccccc2)C1=O. The number of alkyl halides is 3. The molecular formula is C14H14F3N3O3. The van der Waals surface area contributed by atoms with E-state index in [0.717, 1.165) is 6.92 Å². The molecule has 23 heavy (non-hydrogen) atoms. The van der Waals surface area contributed by atoms with Crippen LogP contribution < -0.4 is 10.6 Å². The molecule has 1 aromatic carbocycles. The molecule has 1 fully saturated rings. The minimum absolute atomic E-state index is 0.457. The first-order valence-electron chi connectivity index (χ1n) is 6.66. The van der Waals surface area contributed by atoms with Crippen molar-refractivity contribution in [3.8, 4) is 0 Å². The minimum atomic E-state index is -5.18. The van der Waals surface area contributed by atoms with E-state index in [-0.39, 0.29) is 0 Å². The lowest BCUT2D eigenvalue weighted by Gasteiger charge is -2.30. The highest BCUT2D eigenvalue weighted by atomic mass is 19.4. The van der Waals surface area contributed by atoms with Gasteiger partial charge in [-0.05, 0) is 12.5 Å². The number of carbonyl (C=O) groups is 3. The second kappa shape index (κ2) is 5.56. The topological polar surface area (TPSA) is 78.5 Å². The van der Waals surface area contributed by atoms with E-state index in [0.29, 0.717) is 10.5 Å². The molecule has 1 aliphatic heterocycles. The Labute approximate surface area is 129 Å². The fourth-order valence-corrected chi connectivity index (χ4v) is 2.39. The standard InChI is InChI=1S/C14H14F3N3O3/c1-8(10-6-4-3-5-7-10)20-11(22)13(14(15,16)17,18-9(2)21)19-12(20)23/h3-8H,1-2H3,(H,18,21)(H,19,23)/t8-,13-/m1/s1. The number of rotatable bonds is 3. The van der Waals surface area contributed by atoms with Gasteiger partial charge in [-0.25, -0.2) is 4.79 Å². The van der Waals surface area contributed by atoms with Crippen molar-refractivity contribution in [3.05, 3.63) is 35.9 Å². The minimum Gasteiger partial charge on any atom is -0.318 e. The number of amides is 4. The number of halogens is 3. The van der Waals surface area contributed by atoms with Gasteiger partial charge in [-0.15, -0.1) is 0 Å². The van der Waals surface area contributed by atoms with Crippen LogP contribution in [0.25, 0.3) is 0 Å². The molecule has 9 heteroatoms. The molecule has 124 valence electrons. The van der Waals surface area contributed by atoms with E-state index in [1.807, 2.05) is 0 Å². The Morgan fingerprint density at radius 3 is 2.30 bits per heavy atom. The second-order valence-electron chi connectivity index (χ2n) is 5.12. The van der Waals surface area contributed by atoms with Crippen molar-refractivity contribution >= 4 is 17.8 Å². The second-order valence-corrected chi connectivity index (χ2v) is 5.12. The van der Waals surface area contributed by atoms with Gasteiger partial charge in [0, 0.05) is 6.92 Å². The van der Waals surface area contributed by atoms with Crippen molar-refractivity contribution in [1.29, 1.82) is 0 Å². The number of imide groups is 1. The Morgan fingerprint density at radius 1 is 1.26 bits per heavy atom. The van der Waals surface area contributed by atoms with Gasteiger partial charge in [0.2, 0.25) is 5.91 Å². The van der Waals surface area contributed by atoms with Crippen LogP contribution in [0.2, 0.25) is 0 Å². The van der Waals surface area contributed by atoms with Crippen LogP contribution in [0.4, 0.5) is 18.0 Å². The molecule has 1 saturated heterocycles. The zero-order valence-corrected chi connectivity index (χ0v) is 12.3. The van der Waals surface area contributed by atoms with E-state index >= 15 is 0 Å². The monoisotopic (exact) mass is 329 g/mol. The van der Waals surface area contributed by atoms with Crippen LogP contribution in [0.5, 0.6) is 0 Å². The van der Waals surface area contributed by atoms with Gasteiger partial charge in [0.25, 0.3) is 11.6 Å². The molecule has 0 radical (unpaired) electrons. The average Bonchev–Trinajstić information content (AvgIpc) is 2.70. The first-order chi connectivity index (χ1) is 10.6. The molecule has 0 unspecified atom stereocenters. The van der Waals surface area contributed by atoms with E-state index in [4.69, 9.17) is 0 Å². The van der Waals surface area contributed by atoms with E-state index in [1.54, 1.807) is 35.6 Å². The normalized spacial score (nSPS) is 22.7. The third-order valence-electron chi connectivity index (χ3n) is 3.51. The van der Waals surface area contributed by atoms with E-state index in [1.165, 1.54) is 12.2 Å². The summed E-state index contributed by atoms with van der Waals surface area (Å²) in [5, 5.41) is 3.09. The summed E-state index contributed by atoms with van der Waals surface area (Å²) < 4.78 is 40.1. The van der Waals surface area contributed by atoms with Crippen LogP contribution in [0.15, 0.2) is 30.3 Å². The lowest BCUT2D eigenvalue weighted by molar-refractivity contribution is -0.204. The summed E-state index contributed by atoms with van der Waals surface area (Å²) in [7, 11) is 0. The maximum atomic E-state index is 13.4. The Bertz CT molecular complexity index is 648. The molecule has 0 bridgehead atoms. The fourth-order valence-electron chi connectivity index (χ4n) is 2.39. The van der Waals surface area contributed by atoms with Crippen molar-refractivity contribution in [2.24, 2.45) is 0 Å². The molecule has 1 aliphatic rings. The molecule has 1 aromatic rings. The Hall–Kier alpha value is -2.58. The first-order valence-corrected chi connectivity index (χ1v) is 6.66. The Morgan fingerprint density at radius 2 is 1.83 bits per heavy atom. The maximum absolute atomic E-state index is 13.4. The van der Waals surface area contributed by atoms with Crippen LogP contribution in [-0.4, -0.2) is 34.6 Å². The molecule has 6 nitrogen and oxygen atoms in total. The van der Waals surface area contributed by atoms with Gasteiger partial charge < -0.3 is 5.32 Å². The summed E-state index contributed by atoms with van der Waals surface area (Å²) in [6.45, 7) is 2.25. The van der Waals surface area contributed by atoms with Gasteiger partial charge in [-0.1, -0.05) is 30.3 Å². The molecule has 2 N–H and O–H groups in total. The summed E-state index contributed by atoms with van der Waals surface area (Å²) in [6, 6.07) is 5.97. The van der Waals surface area contributed by atoms with Crippen LogP contribution in [0.1, 0.15) is 25.5 Å². The predicted octanol–water partition coefficient (Wildman–Crippen LogP) is 1.69. The van der Waals surface area contributed by atoms with Gasteiger partial charge in [0.05, 0.1) is 6.04 Å². The molecule has 0 saturated carbocycles. The van der Waals surface area contributed by atoms with Gasteiger partial charge in [0.1, 0.15) is 0 Å². The van der Waals surface area contributed by atoms with Crippen molar-refractivity contribution < 1.29 is 27.6 Å². The summed E-state index contributed by atoms with van der Waals surface area (Å²) in [6.07, 6.45) is -5.18. The van der Waals surface area contributed by atoms with Gasteiger partial charge in [0.15, 0.2) is 0 Å². The highest BCUT2D eigenvalue weighted by molar-refractivity contribution is 6.09. The third-order valence-corrected chi connectivity index (χ3v) is 3.51. The number of carbonyl (C=O) groups excluding carboxylic acids is 3. The van der Waals surface area contributed by atoms with Gasteiger partial charge in [-0.2, -0.15) is 13.2 Å². The zero-order valence-electron chi connectivity index (χ0n) is 12.3. The highest BCUT2D eigenvalue weighted by Crippen LogP contribution is 2.36. The van der Waals surface area contributed by atoms with Crippen molar-refractivity contribution in [2.45, 2.75) is 31.7 Å². The van der Waals surface area contributed by atoms with Crippen LogP contribution in [-0.2, 0) is 9.59 Å². The molecule has 0 spiro atoms. The van der Waals surface area contributed by atoms with Crippen molar-refractivity contribution in [2.75, 3.05) is 0 Å². The quantitative estimate of drug-likeness (QED) is 0.829. The maximum Gasteiger partial charge on any atom is 0.440 e. The molecular weight excluding hydrogens is 315 g/mol. The molecule has 0 aromatic heterocycles. The fraction of sp³-hybridized carbons (Fsp3) is 0.357. The summed E-state index contributed by atoms with van der Waals surface area (Å²) in [4.78, 5) is 35.9. The van der Waals surface area contributed by atoms with Crippen molar-refractivity contribution in [3.63, 3.8) is 0 Å². The van der Waals surface area contributed by atoms with E-state index < -0.39 is 35.7 Å². The number of nitrogens with one attached hydrogen (secondary N) is 2. The third kappa shape index (κ3) is 2.73. The van der Waals surface area contributed by atoms with Crippen LogP contribution in [0, 0.1) is 0 Å². The Kier molecular flexibility index (Phi) is 4.06. The highest BCUT2D eigenvalue weighted by Gasteiger charge is 2.69. The number of benzene rings is 1. The molecule has 1 heterocycles. The van der Waals surface area contributed by atoms with Crippen molar-refractivity contribution in [1.82, 2.24) is 15.5 Å². The summed E-state index contributed by atoms with van der Waals surface area (Å²) in [5.41, 5.74) is -2.96. The van der Waals surface area contributed by atoms with Gasteiger partial charge in [-0.3, -0.25) is 19.8 Å². The van der Waals surface area contributed by atoms with Crippen LogP contribution in [0.3, 0.4) is 0 Å². The number of nitrogens with zero attached hydrogens (tertiary/aromatic N) is 1. The predicted molar refractivity (Wildman–Crippen MR) is 72.8 cm³/mol. The molecule has 4 amide bonds. The molecule has 2 rings (SSSR count). The largest absolute Gasteiger partial charge is 0.440 e. The lowest BCUT2D eigenvalue weighted by Crippen LogP contribution is -2.69. The Balaban J connectivity index is 2.44. The van der Waals surface area contributed by atoms with Crippen LogP contribution >= 0.6 is 0 Å².